The van der Waals surface area contributed by atoms with Crippen molar-refractivity contribution >= 4 is 23.7 Å². The number of carbonyl (C=O) groups excluding carboxylic acids is 3. The van der Waals surface area contributed by atoms with Crippen molar-refractivity contribution < 1.29 is 23.9 Å². The molecule has 27 heavy (non-hydrogen) atoms. The van der Waals surface area contributed by atoms with E-state index in [4.69, 9.17) is 4.74 Å². The molecule has 0 aliphatic carbocycles. The van der Waals surface area contributed by atoms with Gasteiger partial charge in [-0.2, -0.15) is 0 Å². The Labute approximate surface area is 160 Å². The van der Waals surface area contributed by atoms with Gasteiger partial charge in [-0.3, -0.25) is 4.79 Å². The van der Waals surface area contributed by atoms with Gasteiger partial charge in [0.2, 0.25) is 5.91 Å². The van der Waals surface area contributed by atoms with Crippen molar-refractivity contribution in [3.05, 3.63) is 29.3 Å². The van der Waals surface area contributed by atoms with Gasteiger partial charge in [-0.25, -0.2) is 9.59 Å². The third kappa shape index (κ3) is 5.98. The van der Waals surface area contributed by atoms with Crippen molar-refractivity contribution in [2.75, 3.05) is 12.0 Å². The number of hydrogen-bond acceptors (Lipinski definition) is 5. The maximum absolute atomic E-state index is 12.0. The molecule has 0 saturated heterocycles. The minimum atomic E-state index is -0.713. The van der Waals surface area contributed by atoms with Crippen molar-refractivity contribution in [3.63, 3.8) is 0 Å². The maximum Gasteiger partial charge on any atom is 0.404 e. The number of fused-ring (bicyclic) bond motifs is 1. The molecule has 1 heterocycles. The van der Waals surface area contributed by atoms with Gasteiger partial charge in [0.15, 0.2) is 0 Å². The highest BCUT2D eigenvalue weighted by atomic mass is 16.6. The number of methoxy groups -OCH3 is 1. The lowest BCUT2D eigenvalue weighted by Crippen LogP contribution is -2.46. The Balaban J connectivity index is 0.000000445. The first-order valence-corrected chi connectivity index (χ1v) is 9.09. The van der Waals surface area contributed by atoms with E-state index in [0.29, 0.717) is 11.5 Å². The van der Waals surface area contributed by atoms with Crippen molar-refractivity contribution in [1.29, 1.82) is 0 Å². The van der Waals surface area contributed by atoms with Crippen LogP contribution in [0, 0.1) is 5.92 Å². The van der Waals surface area contributed by atoms with E-state index in [0.717, 1.165) is 24.1 Å². The number of carbonyl (C=O) groups is 3. The first-order chi connectivity index (χ1) is 12.6. The van der Waals surface area contributed by atoms with Crippen molar-refractivity contribution in [3.8, 4) is 0 Å². The van der Waals surface area contributed by atoms with E-state index < -0.39 is 6.09 Å². The molecule has 1 aliphatic rings. The smallest absolute Gasteiger partial charge is 0.404 e. The third-order valence-electron chi connectivity index (χ3n) is 4.40. The lowest BCUT2D eigenvalue weighted by molar-refractivity contribution is -0.117. The molecule has 7 nitrogen and oxygen atoms in total. The molecule has 1 aromatic rings. The van der Waals surface area contributed by atoms with Gasteiger partial charge in [0.25, 0.3) is 0 Å². The molecule has 0 saturated carbocycles. The second-order valence-corrected chi connectivity index (χ2v) is 6.87. The zero-order valence-electron chi connectivity index (χ0n) is 16.9. The molecule has 1 aliphatic heterocycles. The third-order valence-corrected chi connectivity index (χ3v) is 4.40. The molecular weight excluding hydrogens is 348 g/mol. The molecule has 2 unspecified atom stereocenters. The Kier molecular flexibility index (Phi) is 8.28. The monoisotopic (exact) mass is 378 g/mol. The highest BCUT2D eigenvalue weighted by Gasteiger charge is 2.33. The van der Waals surface area contributed by atoms with Gasteiger partial charge in [0.1, 0.15) is 0 Å². The highest BCUT2D eigenvalue weighted by Crippen LogP contribution is 2.35. The Bertz CT molecular complexity index is 687. The van der Waals surface area contributed by atoms with Crippen LogP contribution in [0.3, 0.4) is 0 Å². The summed E-state index contributed by atoms with van der Waals surface area (Å²) in [6, 6.07) is 5.66. The molecular formula is C20H30N2O5. The van der Waals surface area contributed by atoms with E-state index in [1.807, 2.05) is 17.0 Å². The number of hydrogen-bond donors (Lipinski definition) is 1. The molecule has 1 aromatic carbocycles. The van der Waals surface area contributed by atoms with Gasteiger partial charge >= 0.3 is 12.1 Å². The van der Waals surface area contributed by atoms with Gasteiger partial charge in [-0.05, 0) is 56.4 Å². The van der Waals surface area contributed by atoms with Crippen LogP contribution in [0.25, 0.3) is 0 Å². The van der Waals surface area contributed by atoms with E-state index in [1.54, 1.807) is 26.8 Å². The van der Waals surface area contributed by atoms with Gasteiger partial charge in [-0.15, -0.1) is 0 Å². The average Bonchev–Trinajstić information content (AvgIpc) is 2.58. The summed E-state index contributed by atoms with van der Waals surface area (Å²) >= 11 is 0. The minimum absolute atomic E-state index is 0.0514. The molecule has 0 bridgehead atoms. The first kappa shape index (κ1) is 22.5. The van der Waals surface area contributed by atoms with Crippen LogP contribution in [-0.2, 0) is 20.7 Å². The Morgan fingerprint density at radius 1 is 1.30 bits per heavy atom. The lowest BCUT2D eigenvalue weighted by Gasteiger charge is -2.40. The number of nitrogens with two attached hydrogens (primary N) is 1. The zero-order valence-corrected chi connectivity index (χ0v) is 16.9. The van der Waals surface area contributed by atoms with E-state index in [1.165, 1.54) is 7.11 Å². The maximum atomic E-state index is 12.0. The van der Waals surface area contributed by atoms with Crippen LogP contribution in [0.2, 0.25) is 0 Å². The summed E-state index contributed by atoms with van der Waals surface area (Å²) in [6.07, 6.45) is 0.994. The van der Waals surface area contributed by atoms with Crippen LogP contribution in [0.1, 0.15) is 57.0 Å². The molecule has 0 fully saturated rings. The Morgan fingerprint density at radius 3 is 2.33 bits per heavy atom. The molecule has 2 rings (SSSR count). The molecule has 7 heteroatoms. The number of rotatable bonds is 3. The fourth-order valence-electron chi connectivity index (χ4n) is 3.37. The summed E-state index contributed by atoms with van der Waals surface area (Å²) in [5.41, 5.74) is 7.14. The molecule has 150 valence electrons. The van der Waals surface area contributed by atoms with Crippen LogP contribution < -0.4 is 10.6 Å². The number of esters is 1. The van der Waals surface area contributed by atoms with E-state index in [-0.39, 0.29) is 24.0 Å². The molecule has 0 spiro atoms. The molecule has 2 N–H and O–H groups in total. The summed E-state index contributed by atoms with van der Waals surface area (Å²) in [4.78, 5) is 35.3. The fourth-order valence-corrected chi connectivity index (χ4v) is 3.37. The predicted molar refractivity (Wildman–Crippen MR) is 104 cm³/mol. The molecule has 0 radical (unpaired) electrons. The number of primary amides is 1. The largest absolute Gasteiger partial charge is 0.465 e. The van der Waals surface area contributed by atoms with Crippen LogP contribution in [0.4, 0.5) is 10.5 Å². The summed E-state index contributed by atoms with van der Waals surface area (Å²) in [5.74, 6) is 0.0900. The Morgan fingerprint density at radius 2 is 1.93 bits per heavy atom. The van der Waals surface area contributed by atoms with Crippen LogP contribution >= 0.6 is 0 Å². The zero-order chi connectivity index (χ0) is 20.7. The highest BCUT2D eigenvalue weighted by molar-refractivity contribution is 5.95. The summed E-state index contributed by atoms with van der Waals surface area (Å²) in [7, 11) is 1.37. The van der Waals surface area contributed by atoms with E-state index in [9.17, 15) is 14.4 Å². The Hall–Kier alpha value is -2.57. The van der Waals surface area contributed by atoms with Crippen molar-refractivity contribution in [2.24, 2.45) is 11.7 Å². The van der Waals surface area contributed by atoms with Gasteiger partial charge in [0, 0.05) is 18.7 Å². The SMILES string of the molecule is CC(C)OC(N)=O.CCC1C(C)Cc2cc(C(=O)OC)ccc2N1C(C)=O. The fraction of sp³-hybridized carbons (Fsp3) is 0.550. The number of nitrogens with zero attached hydrogens (tertiary/aromatic N) is 1. The standard InChI is InChI=1S/C16H21NO3.C4H9NO2/c1-5-14-10(2)8-13-9-12(16(19)20-4)6-7-15(13)17(14)11(3)18;1-3(2)7-4(5)6/h6-7,9-10,14H,5,8H2,1-4H3;3H,1-2H3,(H2,5,6). The van der Waals surface area contributed by atoms with Crippen molar-refractivity contribution in [2.45, 2.75) is 59.6 Å². The topological polar surface area (TPSA) is 98.9 Å². The van der Waals surface area contributed by atoms with Crippen LogP contribution in [-0.4, -0.2) is 37.2 Å². The number of anilines is 1. The van der Waals surface area contributed by atoms with Crippen molar-refractivity contribution in [1.82, 2.24) is 0 Å². The second-order valence-electron chi connectivity index (χ2n) is 6.87. The predicted octanol–water partition coefficient (Wildman–Crippen LogP) is 3.29. The molecule has 2 atom stereocenters. The molecule has 0 aromatic heterocycles. The van der Waals surface area contributed by atoms with Gasteiger partial charge in [-0.1, -0.05) is 13.8 Å². The number of benzene rings is 1. The quantitative estimate of drug-likeness (QED) is 0.814. The van der Waals surface area contributed by atoms with Crippen LogP contribution in [0.15, 0.2) is 18.2 Å². The summed E-state index contributed by atoms with van der Waals surface area (Å²) < 4.78 is 9.14. The summed E-state index contributed by atoms with van der Waals surface area (Å²) in [6.45, 7) is 9.33. The van der Waals surface area contributed by atoms with Crippen LogP contribution in [0.5, 0.6) is 0 Å². The normalized spacial score (nSPS) is 18.1. The average molecular weight is 378 g/mol. The second kappa shape index (κ2) is 9.94. The van der Waals surface area contributed by atoms with Gasteiger partial charge in [0.05, 0.1) is 18.8 Å². The van der Waals surface area contributed by atoms with Gasteiger partial charge < -0.3 is 20.1 Å². The number of amides is 2. The van der Waals surface area contributed by atoms with E-state index >= 15 is 0 Å². The first-order valence-electron chi connectivity index (χ1n) is 9.09. The number of ether oxygens (including phenoxy) is 2. The lowest BCUT2D eigenvalue weighted by atomic mass is 9.85. The summed E-state index contributed by atoms with van der Waals surface area (Å²) in [5, 5.41) is 0. The minimum Gasteiger partial charge on any atom is -0.465 e. The molecule has 2 amide bonds. The van der Waals surface area contributed by atoms with E-state index in [2.05, 4.69) is 24.3 Å².